The fourth-order valence-electron chi connectivity index (χ4n) is 3.08. The van der Waals surface area contributed by atoms with Crippen LogP contribution in [-0.2, 0) is 20.9 Å². The molecule has 1 aromatic heterocycles. The van der Waals surface area contributed by atoms with Gasteiger partial charge >= 0.3 is 5.97 Å². The Morgan fingerprint density at radius 1 is 1.41 bits per heavy atom. The largest absolute Gasteiger partial charge is 0.457 e. The highest BCUT2D eigenvalue weighted by Gasteiger charge is 2.31. The Balaban J connectivity index is 1.76. The van der Waals surface area contributed by atoms with E-state index in [1.165, 1.54) is 19.2 Å². The zero-order chi connectivity index (χ0) is 15.9. The van der Waals surface area contributed by atoms with Gasteiger partial charge in [0.05, 0.1) is 11.8 Å². The molecule has 122 valence electrons. The van der Waals surface area contributed by atoms with Crippen LogP contribution in [0, 0.1) is 17.8 Å². The van der Waals surface area contributed by atoms with Crippen LogP contribution in [0.4, 0.5) is 0 Å². The molecule has 1 saturated carbocycles. The van der Waals surface area contributed by atoms with Gasteiger partial charge in [0, 0.05) is 6.20 Å². The van der Waals surface area contributed by atoms with Crippen molar-refractivity contribution in [2.45, 2.75) is 52.7 Å². The average molecular weight is 306 g/mol. The lowest BCUT2D eigenvalue weighted by Gasteiger charge is -2.36. The molecule has 1 fully saturated rings. The summed E-state index contributed by atoms with van der Waals surface area (Å²) in [6.07, 6.45) is 6.69. The summed E-state index contributed by atoms with van der Waals surface area (Å²) in [6, 6.07) is 1.73. The zero-order valence-corrected chi connectivity index (χ0v) is 13.7. The molecule has 0 spiro atoms. The highest BCUT2D eigenvalue weighted by molar-refractivity contribution is 5.70. The van der Waals surface area contributed by atoms with E-state index >= 15 is 0 Å². The van der Waals surface area contributed by atoms with E-state index < -0.39 is 0 Å². The predicted octanol–water partition coefficient (Wildman–Crippen LogP) is 3.00. The second-order valence-electron chi connectivity index (χ2n) is 6.54. The van der Waals surface area contributed by atoms with Gasteiger partial charge < -0.3 is 9.47 Å². The van der Waals surface area contributed by atoms with E-state index in [9.17, 15) is 4.79 Å². The summed E-state index contributed by atoms with van der Waals surface area (Å²) in [5.41, 5.74) is 0.690. The summed E-state index contributed by atoms with van der Waals surface area (Å²) in [5.74, 6) is 1.44. The molecule has 3 unspecified atom stereocenters. The van der Waals surface area contributed by atoms with Gasteiger partial charge in [0.25, 0.3) is 0 Å². The zero-order valence-electron chi connectivity index (χ0n) is 13.7. The molecule has 3 atom stereocenters. The highest BCUT2D eigenvalue weighted by atomic mass is 16.6. The van der Waals surface area contributed by atoms with E-state index in [2.05, 4.69) is 30.7 Å². The maximum Gasteiger partial charge on any atom is 0.332 e. The number of hydrogen-bond acceptors (Lipinski definition) is 5. The number of nitrogens with zero attached hydrogens (tertiary/aromatic N) is 2. The molecule has 0 amide bonds. The summed E-state index contributed by atoms with van der Waals surface area (Å²) in [6.45, 7) is 6.89. The molecule has 1 aliphatic rings. The third-order valence-electron chi connectivity index (χ3n) is 4.40. The molecule has 0 aliphatic heterocycles. The van der Waals surface area contributed by atoms with Crippen molar-refractivity contribution in [2.75, 3.05) is 6.61 Å². The smallest absolute Gasteiger partial charge is 0.332 e. The summed E-state index contributed by atoms with van der Waals surface area (Å²) < 4.78 is 11.1. The van der Waals surface area contributed by atoms with Gasteiger partial charge in [-0.05, 0) is 36.7 Å². The Kier molecular flexibility index (Phi) is 6.31. The first kappa shape index (κ1) is 16.9. The number of esters is 1. The number of ether oxygens (including phenoxy) is 2. The number of aromatic nitrogens is 2. The minimum Gasteiger partial charge on any atom is -0.457 e. The topological polar surface area (TPSA) is 61.3 Å². The van der Waals surface area contributed by atoms with Crippen molar-refractivity contribution in [1.82, 2.24) is 9.97 Å². The van der Waals surface area contributed by atoms with Crippen LogP contribution in [0.15, 0.2) is 18.6 Å². The van der Waals surface area contributed by atoms with E-state index in [0.717, 1.165) is 6.42 Å². The maximum absolute atomic E-state index is 11.8. The normalized spacial score (nSPS) is 25.2. The van der Waals surface area contributed by atoms with Crippen LogP contribution in [0.3, 0.4) is 0 Å². The SMILES string of the molecule is CC1CCC(C(C)C)C(OCC(=O)OCc2ccncn2)C1. The van der Waals surface area contributed by atoms with Crippen molar-refractivity contribution in [3.63, 3.8) is 0 Å². The Morgan fingerprint density at radius 2 is 2.23 bits per heavy atom. The second-order valence-corrected chi connectivity index (χ2v) is 6.54. The molecular formula is C17H26N2O3. The standard InChI is InChI=1S/C17H26N2O3/c1-12(2)15-5-4-13(3)8-16(15)21-10-17(20)22-9-14-6-7-18-11-19-14/h6-7,11-13,15-16H,4-5,8-10H2,1-3H3. The second kappa shape index (κ2) is 8.22. The lowest BCUT2D eigenvalue weighted by molar-refractivity contribution is -0.155. The molecule has 0 aromatic carbocycles. The van der Waals surface area contributed by atoms with Gasteiger partial charge in [-0.1, -0.05) is 27.2 Å². The van der Waals surface area contributed by atoms with Crippen LogP contribution < -0.4 is 0 Å². The summed E-state index contributed by atoms with van der Waals surface area (Å²) >= 11 is 0. The Labute approximate surface area is 132 Å². The summed E-state index contributed by atoms with van der Waals surface area (Å²) in [7, 11) is 0. The molecule has 2 rings (SSSR count). The first-order valence-corrected chi connectivity index (χ1v) is 8.08. The van der Waals surface area contributed by atoms with Gasteiger partial charge in [-0.3, -0.25) is 0 Å². The van der Waals surface area contributed by atoms with Crippen molar-refractivity contribution in [2.24, 2.45) is 17.8 Å². The number of carbonyl (C=O) groups excluding carboxylic acids is 1. The van der Waals surface area contributed by atoms with E-state index in [0.29, 0.717) is 23.4 Å². The van der Waals surface area contributed by atoms with Crippen LogP contribution in [0.2, 0.25) is 0 Å². The van der Waals surface area contributed by atoms with E-state index in [1.807, 2.05) is 0 Å². The summed E-state index contributed by atoms with van der Waals surface area (Å²) in [5, 5.41) is 0. The molecule has 1 aliphatic carbocycles. The monoisotopic (exact) mass is 306 g/mol. The minimum absolute atomic E-state index is 0.0195. The van der Waals surface area contributed by atoms with Crippen LogP contribution in [0.5, 0.6) is 0 Å². The van der Waals surface area contributed by atoms with Crippen molar-refractivity contribution in [3.05, 3.63) is 24.3 Å². The molecule has 5 nitrogen and oxygen atoms in total. The van der Waals surface area contributed by atoms with Gasteiger partial charge in [0.1, 0.15) is 19.5 Å². The van der Waals surface area contributed by atoms with Gasteiger partial charge in [-0.2, -0.15) is 0 Å². The Hall–Kier alpha value is -1.49. The molecule has 0 bridgehead atoms. The van der Waals surface area contributed by atoms with Gasteiger partial charge in [-0.15, -0.1) is 0 Å². The maximum atomic E-state index is 11.8. The molecule has 0 N–H and O–H groups in total. The molecule has 0 radical (unpaired) electrons. The molecule has 1 heterocycles. The lowest BCUT2D eigenvalue weighted by Crippen LogP contribution is -2.35. The number of rotatable bonds is 6. The fourth-order valence-corrected chi connectivity index (χ4v) is 3.08. The van der Waals surface area contributed by atoms with Crippen LogP contribution in [0.25, 0.3) is 0 Å². The molecular weight excluding hydrogens is 280 g/mol. The quantitative estimate of drug-likeness (QED) is 0.756. The first-order valence-electron chi connectivity index (χ1n) is 8.08. The number of carbonyl (C=O) groups is 1. The van der Waals surface area contributed by atoms with Crippen LogP contribution in [0.1, 0.15) is 45.7 Å². The third kappa shape index (κ3) is 5.05. The first-order chi connectivity index (χ1) is 10.6. The van der Waals surface area contributed by atoms with Gasteiger partial charge in [0.2, 0.25) is 0 Å². The Bertz CT molecular complexity index is 464. The van der Waals surface area contributed by atoms with Crippen molar-refractivity contribution >= 4 is 5.97 Å². The van der Waals surface area contributed by atoms with Crippen molar-refractivity contribution < 1.29 is 14.3 Å². The summed E-state index contributed by atoms with van der Waals surface area (Å²) in [4.78, 5) is 19.7. The molecule has 0 saturated heterocycles. The van der Waals surface area contributed by atoms with Gasteiger partial charge in [-0.25, -0.2) is 14.8 Å². The average Bonchev–Trinajstić information content (AvgIpc) is 2.51. The number of hydrogen-bond donors (Lipinski definition) is 0. The van der Waals surface area contributed by atoms with Crippen molar-refractivity contribution in [3.8, 4) is 0 Å². The van der Waals surface area contributed by atoms with Crippen molar-refractivity contribution in [1.29, 1.82) is 0 Å². The fraction of sp³-hybridized carbons (Fsp3) is 0.706. The Morgan fingerprint density at radius 3 is 2.91 bits per heavy atom. The molecule has 5 heteroatoms. The lowest BCUT2D eigenvalue weighted by atomic mass is 9.75. The van der Waals surface area contributed by atoms with E-state index in [4.69, 9.17) is 9.47 Å². The third-order valence-corrected chi connectivity index (χ3v) is 4.40. The van der Waals surface area contributed by atoms with Crippen LogP contribution in [-0.4, -0.2) is 28.6 Å². The van der Waals surface area contributed by atoms with E-state index in [1.54, 1.807) is 12.3 Å². The van der Waals surface area contributed by atoms with Gasteiger partial charge in [0.15, 0.2) is 0 Å². The van der Waals surface area contributed by atoms with Crippen LogP contribution >= 0.6 is 0 Å². The highest BCUT2D eigenvalue weighted by Crippen LogP contribution is 2.35. The van der Waals surface area contributed by atoms with E-state index in [-0.39, 0.29) is 25.3 Å². The minimum atomic E-state index is -0.334. The predicted molar refractivity (Wildman–Crippen MR) is 82.9 cm³/mol. The molecule has 22 heavy (non-hydrogen) atoms. The molecule has 1 aromatic rings.